The molecule has 1 fully saturated rings. The zero-order valence-corrected chi connectivity index (χ0v) is 14.5. The number of piperidine rings is 1. The Morgan fingerprint density at radius 3 is 2.87 bits per heavy atom. The van der Waals surface area contributed by atoms with E-state index in [1.54, 1.807) is 0 Å². The quantitative estimate of drug-likeness (QED) is 0.861. The van der Waals surface area contributed by atoms with Crippen LogP contribution in [0, 0.1) is 6.92 Å². The fourth-order valence-corrected chi connectivity index (χ4v) is 3.37. The Morgan fingerprint density at radius 1 is 1.26 bits per heavy atom. The van der Waals surface area contributed by atoms with Gasteiger partial charge in [0.05, 0.1) is 10.7 Å². The Bertz CT molecular complexity index is 674. The average molecular weight is 331 g/mol. The summed E-state index contributed by atoms with van der Waals surface area (Å²) in [7, 11) is 0. The molecule has 5 heteroatoms. The molecule has 1 aromatic carbocycles. The Kier molecular flexibility index (Phi) is 5.01. The first kappa shape index (κ1) is 16.1. The van der Waals surface area contributed by atoms with Crippen molar-refractivity contribution in [2.75, 3.05) is 16.8 Å². The topological polar surface area (TPSA) is 41.0 Å². The fraction of sp³-hybridized carbons (Fsp3) is 0.444. The van der Waals surface area contributed by atoms with Crippen LogP contribution in [0.2, 0.25) is 5.02 Å². The maximum Gasteiger partial charge on any atom is 0.136 e. The van der Waals surface area contributed by atoms with Crippen molar-refractivity contribution in [2.45, 2.75) is 45.6 Å². The molecule has 4 nitrogen and oxygen atoms in total. The summed E-state index contributed by atoms with van der Waals surface area (Å²) in [5.41, 5.74) is 0.865. The summed E-state index contributed by atoms with van der Waals surface area (Å²) < 4.78 is 0. The third kappa shape index (κ3) is 3.75. The molecule has 0 aliphatic carbocycles. The molecular weight excluding hydrogens is 308 g/mol. The van der Waals surface area contributed by atoms with Crippen LogP contribution in [0.5, 0.6) is 0 Å². The molecule has 0 spiro atoms. The van der Waals surface area contributed by atoms with E-state index in [2.05, 4.69) is 27.1 Å². The van der Waals surface area contributed by atoms with Gasteiger partial charge in [-0.05, 0) is 44.7 Å². The first-order valence-corrected chi connectivity index (χ1v) is 8.69. The molecule has 0 saturated carbocycles. The van der Waals surface area contributed by atoms with E-state index in [9.17, 15) is 0 Å². The summed E-state index contributed by atoms with van der Waals surface area (Å²) in [5, 5.41) is 4.01. The van der Waals surface area contributed by atoms with Crippen LogP contribution in [-0.2, 0) is 0 Å². The van der Waals surface area contributed by atoms with Crippen molar-refractivity contribution in [1.82, 2.24) is 9.97 Å². The van der Waals surface area contributed by atoms with Gasteiger partial charge in [0.2, 0.25) is 0 Å². The predicted octanol–water partition coefficient (Wildman–Crippen LogP) is 4.95. The molecule has 0 radical (unpaired) electrons. The number of aryl methyl sites for hydroxylation is 1. The van der Waals surface area contributed by atoms with Crippen LogP contribution < -0.4 is 10.2 Å². The molecular formula is C18H23ClN4. The second-order valence-corrected chi connectivity index (χ2v) is 6.42. The number of hydrogen-bond donors (Lipinski definition) is 1. The maximum absolute atomic E-state index is 6.23. The highest BCUT2D eigenvalue weighted by Crippen LogP contribution is 2.29. The number of anilines is 3. The van der Waals surface area contributed by atoms with Crippen LogP contribution in [0.15, 0.2) is 30.3 Å². The molecule has 1 aromatic heterocycles. The molecule has 1 unspecified atom stereocenters. The summed E-state index contributed by atoms with van der Waals surface area (Å²) in [5.74, 6) is 2.58. The minimum absolute atomic E-state index is 0.575. The lowest BCUT2D eigenvalue weighted by atomic mass is 10.00. The molecule has 0 amide bonds. The van der Waals surface area contributed by atoms with Gasteiger partial charge in [-0.25, -0.2) is 9.97 Å². The Labute approximate surface area is 142 Å². The first-order valence-electron chi connectivity index (χ1n) is 8.31. The number of aromatic nitrogens is 2. The second kappa shape index (κ2) is 7.18. The van der Waals surface area contributed by atoms with E-state index in [0.717, 1.165) is 36.1 Å². The molecule has 0 bridgehead atoms. The second-order valence-electron chi connectivity index (χ2n) is 6.01. The van der Waals surface area contributed by atoms with Crippen molar-refractivity contribution in [2.24, 2.45) is 0 Å². The van der Waals surface area contributed by atoms with Crippen LogP contribution in [0.4, 0.5) is 17.3 Å². The van der Waals surface area contributed by atoms with E-state index in [1.165, 1.54) is 19.3 Å². The van der Waals surface area contributed by atoms with Crippen LogP contribution in [-0.4, -0.2) is 22.6 Å². The van der Waals surface area contributed by atoms with Crippen molar-refractivity contribution in [3.8, 4) is 0 Å². The first-order chi connectivity index (χ1) is 11.2. The molecule has 3 rings (SSSR count). The molecule has 1 aliphatic heterocycles. The van der Waals surface area contributed by atoms with Crippen LogP contribution in [0.25, 0.3) is 0 Å². The number of halogens is 1. The molecule has 2 aromatic rings. The minimum atomic E-state index is 0.575. The van der Waals surface area contributed by atoms with Gasteiger partial charge in [-0.2, -0.15) is 0 Å². The summed E-state index contributed by atoms with van der Waals surface area (Å²) >= 11 is 6.23. The lowest BCUT2D eigenvalue weighted by molar-refractivity contribution is 0.446. The van der Waals surface area contributed by atoms with Gasteiger partial charge in [-0.1, -0.05) is 30.7 Å². The van der Waals surface area contributed by atoms with Gasteiger partial charge in [-0.15, -0.1) is 0 Å². The van der Waals surface area contributed by atoms with E-state index < -0.39 is 0 Å². The van der Waals surface area contributed by atoms with Crippen molar-refractivity contribution in [1.29, 1.82) is 0 Å². The largest absolute Gasteiger partial charge is 0.353 e. The zero-order chi connectivity index (χ0) is 16.2. The highest BCUT2D eigenvalue weighted by Gasteiger charge is 2.22. The van der Waals surface area contributed by atoms with Gasteiger partial charge < -0.3 is 10.2 Å². The molecule has 2 heterocycles. The SMILES string of the molecule is CCC1CCCCN1c1cc(Nc2ccccc2Cl)nc(C)n1. The van der Waals surface area contributed by atoms with Crippen molar-refractivity contribution < 1.29 is 0 Å². The Morgan fingerprint density at radius 2 is 2.09 bits per heavy atom. The number of rotatable bonds is 4. The number of benzene rings is 1. The van der Waals surface area contributed by atoms with E-state index in [0.29, 0.717) is 11.1 Å². The Balaban J connectivity index is 1.88. The van der Waals surface area contributed by atoms with Crippen molar-refractivity contribution in [3.63, 3.8) is 0 Å². The molecule has 122 valence electrons. The van der Waals surface area contributed by atoms with Crippen LogP contribution >= 0.6 is 11.6 Å². The highest BCUT2D eigenvalue weighted by molar-refractivity contribution is 6.33. The van der Waals surface area contributed by atoms with Crippen LogP contribution in [0.1, 0.15) is 38.4 Å². The van der Waals surface area contributed by atoms with Gasteiger partial charge in [0.1, 0.15) is 17.5 Å². The number of hydrogen-bond acceptors (Lipinski definition) is 4. The van der Waals surface area contributed by atoms with Crippen molar-refractivity contribution >= 4 is 28.9 Å². The lowest BCUT2D eigenvalue weighted by Crippen LogP contribution is -2.39. The van der Waals surface area contributed by atoms with E-state index in [4.69, 9.17) is 11.6 Å². The van der Waals surface area contributed by atoms with Gasteiger partial charge in [0.25, 0.3) is 0 Å². The third-order valence-electron chi connectivity index (χ3n) is 4.35. The monoisotopic (exact) mass is 330 g/mol. The number of para-hydroxylation sites is 1. The van der Waals surface area contributed by atoms with Gasteiger partial charge >= 0.3 is 0 Å². The van der Waals surface area contributed by atoms with Gasteiger partial charge in [-0.3, -0.25) is 0 Å². The zero-order valence-electron chi connectivity index (χ0n) is 13.7. The molecule has 23 heavy (non-hydrogen) atoms. The summed E-state index contributed by atoms with van der Waals surface area (Å²) in [6.07, 6.45) is 4.93. The summed E-state index contributed by atoms with van der Waals surface area (Å²) in [6.45, 7) is 5.26. The highest BCUT2D eigenvalue weighted by atomic mass is 35.5. The Hall–Kier alpha value is -1.81. The predicted molar refractivity (Wildman–Crippen MR) is 96.8 cm³/mol. The van der Waals surface area contributed by atoms with Crippen LogP contribution in [0.3, 0.4) is 0 Å². The van der Waals surface area contributed by atoms with E-state index in [1.807, 2.05) is 37.3 Å². The maximum atomic E-state index is 6.23. The molecule has 1 aliphatic rings. The molecule has 1 N–H and O–H groups in total. The normalized spacial score (nSPS) is 18.0. The third-order valence-corrected chi connectivity index (χ3v) is 4.68. The number of nitrogens with zero attached hydrogens (tertiary/aromatic N) is 3. The van der Waals surface area contributed by atoms with Gasteiger partial charge in [0, 0.05) is 18.7 Å². The number of nitrogens with one attached hydrogen (secondary N) is 1. The van der Waals surface area contributed by atoms with E-state index in [-0.39, 0.29) is 0 Å². The van der Waals surface area contributed by atoms with Gasteiger partial charge in [0.15, 0.2) is 0 Å². The molecule has 1 saturated heterocycles. The lowest BCUT2D eigenvalue weighted by Gasteiger charge is -2.36. The smallest absolute Gasteiger partial charge is 0.136 e. The fourth-order valence-electron chi connectivity index (χ4n) is 3.19. The standard InChI is InChI=1S/C18H23ClN4/c1-3-14-8-6-7-11-23(14)18-12-17(20-13(2)21-18)22-16-10-5-4-9-15(16)19/h4-5,9-10,12,14H,3,6-8,11H2,1-2H3,(H,20,21,22). The van der Waals surface area contributed by atoms with Crippen molar-refractivity contribution in [3.05, 3.63) is 41.2 Å². The van der Waals surface area contributed by atoms with E-state index >= 15 is 0 Å². The minimum Gasteiger partial charge on any atom is -0.353 e. The summed E-state index contributed by atoms with van der Waals surface area (Å²) in [6, 6.07) is 10.3. The summed E-state index contributed by atoms with van der Waals surface area (Å²) in [4.78, 5) is 11.6. The average Bonchev–Trinajstić information content (AvgIpc) is 2.56. The molecule has 1 atom stereocenters.